The molecule has 17 heavy (non-hydrogen) atoms. The van der Waals surface area contributed by atoms with Crippen LogP contribution in [0.4, 0.5) is 0 Å². The first-order valence-electron chi connectivity index (χ1n) is 5.96. The highest BCUT2D eigenvalue weighted by molar-refractivity contribution is 6.17. The standard InChI is InChI=1S/C14H20ClNO/c1-4-11-7-5-6-8-12(11)13(17)16-14(2,3)9-10-15/h5-8H,4,9-10H2,1-3H3,(H,16,17). The van der Waals surface area contributed by atoms with Gasteiger partial charge in [-0.1, -0.05) is 25.1 Å². The number of alkyl halides is 1. The molecule has 0 spiro atoms. The molecule has 1 N–H and O–H groups in total. The van der Waals surface area contributed by atoms with Crippen molar-refractivity contribution in [3.05, 3.63) is 35.4 Å². The van der Waals surface area contributed by atoms with E-state index in [4.69, 9.17) is 11.6 Å². The van der Waals surface area contributed by atoms with Crippen molar-refractivity contribution in [2.45, 2.75) is 39.2 Å². The molecule has 0 saturated heterocycles. The van der Waals surface area contributed by atoms with Crippen LogP contribution in [0.3, 0.4) is 0 Å². The highest BCUT2D eigenvalue weighted by atomic mass is 35.5. The lowest BCUT2D eigenvalue weighted by Gasteiger charge is -2.25. The molecule has 0 bridgehead atoms. The van der Waals surface area contributed by atoms with E-state index in [0.29, 0.717) is 5.88 Å². The topological polar surface area (TPSA) is 29.1 Å². The fourth-order valence-corrected chi connectivity index (χ4v) is 2.20. The van der Waals surface area contributed by atoms with Gasteiger partial charge in [-0.05, 0) is 38.3 Å². The summed E-state index contributed by atoms with van der Waals surface area (Å²) in [7, 11) is 0. The predicted octanol–water partition coefficient (Wildman–Crippen LogP) is 3.39. The number of hydrogen-bond acceptors (Lipinski definition) is 1. The van der Waals surface area contributed by atoms with E-state index in [1.807, 2.05) is 38.1 Å². The van der Waals surface area contributed by atoms with Crippen LogP contribution in [0, 0.1) is 0 Å². The van der Waals surface area contributed by atoms with E-state index in [0.717, 1.165) is 24.0 Å². The lowest BCUT2D eigenvalue weighted by atomic mass is 9.99. The molecule has 1 amide bonds. The van der Waals surface area contributed by atoms with Crippen LogP contribution < -0.4 is 5.32 Å². The van der Waals surface area contributed by atoms with Crippen molar-refractivity contribution < 1.29 is 4.79 Å². The quantitative estimate of drug-likeness (QED) is 0.801. The van der Waals surface area contributed by atoms with Crippen LogP contribution in [0.2, 0.25) is 0 Å². The number of hydrogen-bond donors (Lipinski definition) is 1. The largest absolute Gasteiger partial charge is 0.347 e. The first-order chi connectivity index (χ1) is 8.00. The number of carbonyl (C=O) groups excluding carboxylic acids is 1. The number of aryl methyl sites for hydroxylation is 1. The van der Waals surface area contributed by atoms with Crippen LogP contribution in [-0.2, 0) is 6.42 Å². The van der Waals surface area contributed by atoms with Crippen molar-refractivity contribution in [2.75, 3.05) is 5.88 Å². The van der Waals surface area contributed by atoms with Crippen molar-refractivity contribution >= 4 is 17.5 Å². The van der Waals surface area contributed by atoms with E-state index in [1.54, 1.807) is 0 Å². The Kier molecular flexibility index (Phi) is 5.01. The average Bonchev–Trinajstić information content (AvgIpc) is 2.28. The second-order valence-electron chi connectivity index (χ2n) is 4.79. The fraction of sp³-hybridized carbons (Fsp3) is 0.500. The third kappa shape index (κ3) is 4.04. The monoisotopic (exact) mass is 253 g/mol. The Morgan fingerprint density at radius 2 is 2.00 bits per heavy atom. The second kappa shape index (κ2) is 6.06. The number of carbonyl (C=O) groups is 1. The van der Waals surface area contributed by atoms with Crippen LogP contribution in [-0.4, -0.2) is 17.3 Å². The predicted molar refractivity (Wildman–Crippen MR) is 72.7 cm³/mol. The third-order valence-electron chi connectivity index (χ3n) is 2.81. The smallest absolute Gasteiger partial charge is 0.251 e. The van der Waals surface area contributed by atoms with Gasteiger partial charge in [-0.2, -0.15) is 0 Å². The molecule has 1 aromatic carbocycles. The van der Waals surface area contributed by atoms with E-state index in [1.165, 1.54) is 0 Å². The maximum Gasteiger partial charge on any atom is 0.251 e. The van der Waals surface area contributed by atoms with Crippen LogP contribution >= 0.6 is 11.6 Å². The molecule has 0 atom stereocenters. The van der Waals surface area contributed by atoms with Crippen LogP contribution in [0.1, 0.15) is 43.1 Å². The third-order valence-corrected chi connectivity index (χ3v) is 3.00. The summed E-state index contributed by atoms with van der Waals surface area (Å²) in [6.45, 7) is 6.03. The van der Waals surface area contributed by atoms with Crippen LogP contribution in [0.5, 0.6) is 0 Å². The number of halogens is 1. The molecule has 3 heteroatoms. The summed E-state index contributed by atoms with van der Waals surface area (Å²) < 4.78 is 0. The Hall–Kier alpha value is -1.02. The number of rotatable bonds is 5. The van der Waals surface area contributed by atoms with Gasteiger partial charge in [0.2, 0.25) is 0 Å². The van der Waals surface area contributed by atoms with Gasteiger partial charge in [0.15, 0.2) is 0 Å². The Labute approximate surface area is 108 Å². The lowest BCUT2D eigenvalue weighted by Crippen LogP contribution is -2.44. The highest BCUT2D eigenvalue weighted by Crippen LogP contribution is 2.14. The van der Waals surface area contributed by atoms with Crippen LogP contribution in [0.15, 0.2) is 24.3 Å². The number of nitrogens with one attached hydrogen (secondary N) is 1. The van der Waals surface area contributed by atoms with Crippen molar-refractivity contribution in [2.24, 2.45) is 0 Å². The minimum absolute atomic E-state index is 0.0161. The van der Waals surface area contributed by atoms with Gasteiger partial charge in [0.05, 0.1) is 0 Å². The molecule has 2 nitrogen and oxygen atoms in total. The minimum Gasteiger partial charge on any atom is -0.347 e. The van der Waals surface area contributed by atoms with E-state index in [2.05, 4.69) is 12.2 Å². The zero-order valence-corrected chi connectivity index (χ0v) is 11.5. The molecule has 94 valence electrons. The molecule has 0 radical (unpaired) electrons. The molecule has 1 aromatic rings. The minimum atomic E-state index is -0.264. The molecule has 0 aliphatic rings. The summed E-state index contributed by atoms with van der Waals surface area (Å²) in [6.07, 6.45) is 1.62. The van der Waals surface area contributed by atoms with E-state index in [-0.39, 0.29) is 11.4 Å². The molecular formula is C14H20ClNO. The molecule has 0 aliphatic carbocycles. The van der Waals surface area contributed by atoms with E-state index < -0.39 is 0 Å². The molecule has 0 fully saturated rings. The Balaban J connectivity index is 2.83. The molecule has 0 heterocycles. The summed E-state index contributed by atoms with van der Waals surface area (Å²) in [5.74, 6) is 0.528. The van der Waals surface area contributed by atoms with Crippen LogP contribution in [0.25, 0.3) is 0 Å². The SMILES string of the molecule is CCc1ccccc1C(=O)NC(C)(C)CCCl. The van der Waals surface area contributed by atoms with Gasteiger partial charge in [-0.15, -0.1) is 11.6 Å². The van der Waals surface area contributed by atoms with Gasteiger partial charge in [0.25, 0.3) is 5.91 Å². The summed E-state index contributed by atoms with van der Waals surface area (Å²) in [5, 5.41) is 3.02. The summed E-state index contributed by atoms with van der Waals surface area (Å²) in [4.78, 5) is 12.2. The lowest BCUT2D eigenvalue weighted by molar-refractivity contribution is 0.0910. The number of benzene rings is 1. The normalized spacial score (nSPS) is 11.3. The van der Waals surface area contributed by atoms with Crippen molar-refractivity contribution in [3.63, 3.8) is 0 Å². The van der Waals surface area contributed by atoms with Gasteiger partial charge in [0, 0.05) is 17.0 Å². The Bertz CT molecular complexity index is 388. The van der Waals surface area contributed by atoms with E-state index >= 15 is 0 Å². The van der Waals surface area contributed by atoms with Crippen molar-refractivity contribution in [1.82, 2.24) is 5.32 Å². The second-order valence-corrected chi connectivity index (χ2v) is 5.17. The summed E-state index contributed by atoms with van der Waals surface area (Å²) >= 11 is 5.72. The van der Waals surface area contributed by atoms with Gasteiger partial charge in [-0.3, -0.25) is 4.79 Å². The van der Waals surface area contributed by atoms with Gasteiger partial charge in [-0.25, -0.2) is 0 Å². The van der Waals surface area contributed by atoms with Crippen molar-refractivity contribution in [1.29, 1.82) is 0 Å². The Morgan fingerprint density at radius 3 is 2.59 bits per heavy atom. The molecule has 0 aromatic heterocycles. The summed E-state index contributed by atoms with van der Waals surface area (Å²) in [5.41, 5.74) is 1.57. The van der Waals surface area contributed by atoms with E-state index in [9.17, 15) is 4.79 Å². The summed E-state index contributed by atoms with van der Waals surface area (Å²) in [6, 6.07) is 7.70. The maximum absolute atomic E-state index is 12.2. The molecular weight excluding hydrogens is 234 g/mol. The zero-order valence-electron chi connectivity index (χ0n) is 10.7. The number of amides is 1. The zero-order chi connectivity index (χ0) is 12.9. The first kappa shape index (κ1) is 14.0. The molecule has 0 unspecified atom stereocenters. The maximum atomic E-state index is 12.2. The molecule has 0 saturated carbocycles. The fourth-order valence-electron chi connectivity index (χ4n) is 1.72. The Morgan fingerprint density at radius 1 is 1.35 bits per heavy atom. The van der Waals surface area contributed by atoms with Crippen molar-refractivity contribution in [3.8, 4) is 0 Å². The van der Waals surface area contributed by atoms with Gasteiger partial charge < -0.3 is 5.32 Å². The van der Waals surface area contributed by atoms with Gasteiger partial charge in [0.1, 0.15) is 0 Å². The average molecular weight is 254 g/mol. The van der Waals surface area contributed by atoms with Gasteiger partial charge >= 0.3 is 0 Å². The highest BCUT2D eigenvalue weighted by Gasteiger charge is 2.21. The molecule has 0 aliphatic heterocycles. The first-order valence-corrected chi connectivity index (χ1v) is 6.50. The molecule has 1 rings (SSSR count).